The molecule has 0 aliphatic carbocycles. The minimum atomic E-state index is -0.202. The van der Waals surface area contributed by atoms with E-state index >= 15 is 0 Å². The summed E-state index contributed by atoms with van der Waals surface area (Å²) in [6.07, 6.45) is 0.314. The highest BCUT2D eigenvalue weighted by atomic mass is 35.5. The van der Waals surface area contributed by atoms with Gasteiger partial charge in [-0.2, -0.15) is 4.98 Å². The molecule has 1 unspecified atom stereocenters. The molecule has 0 aliphatic rings. The predicted octanol–water partition coefficient (Wildman–Crippen LogP) is 1.06. The van der Waals surface area contributed by atoms with Crippen molar-refractivity contribution in [3.63, 3.8) is 0 Å². The van der Waals surface area contributed by atoms with Crippen LogP contribution >= 0.6 is 11.6 Å². The number of hydrogen-bond acceptors (Lipinski definition) is 5. The maximum atomic E-state index is 11.6. The molecule has 0 saturated heterocycles. The predicted molar refractivity (Wildman–Crippen MR) is 65.1 cm³/mol. The first kappa shape index (κ1) is 13.7. The summed E-state index contributed by atoms with van der Waals surface area (Å²) in [6.45, 7) is 2.34. The monoisotopic (exact) mass is 258 g/mol. The number of amides is 1. The fourth-order valence-corrected chi connectivity index (χ4v) is 1.31. The molecule has 0 bridgehead atoms. The van der Waals surface area contributed by atoms with E-state index in [1.165, 1.54) is 13.2 Å². The van der Waals surface area contributed by atoms with Crippen LogP contribution in [0.1, 0.15) is 13.3 Å². The molecule has 1 rings (SSSR count). The van der Waals surface area contributed by atoms with Gasteiger partial charge in [-0.3, -0.25) is 10.1 Å². The van der Waals surface area contributed by atoms with Crippen LogP contribution in [-0.4, -0.2) is 29.5 Å². The Morgan fingerprint density at radius 1 is 1.65 bits per heavy atom. The highest BCUT2D eigenvalue weighted by molar-refractivity contribution is 6.29. The molecule has 1 amide bonds. The van der Waals surface area contributed by atoms with E-state index in [2.05, 4.69) is 15.3 Å². The smallest absolute Gasteiger partial charge is 0.234 e. The van der Waals surface area contributed by atoms with Gasteiger partial charge >= 0.3 is 0 Å². The van der Waals surface area contributed by atoms with Crippen molar-refractivity contribution in [1.82, 2.24) is 9.97 Å². The summed E-state index contributed by atoms with van der Waals surface area (Å²) in [5.74, 6) is 0.332. The van der Waals surface area contributed by atoms with E-state index in [0.717, 1.165) is 0 Å². The summed E-state index contributed by atoms with van der Waals surface area (Å²) < 4.78 is 4.91. The number of methoxy groups -OCH3 is 1. The first-order chi connectivity index (χ1) is 8.05. The van der Waals surface area contributed by atoms with Crippen LogP contribution in [0.3, 0.4) is 0 Å². The van der Waals surface area contributed by atoms with Crippen molar-refractivity contribution >= 4 is 23.5 Å². The van der Waals surface area contributed by atoms with Crippen LogP contribution in [-0.2, 0) is 4.79 Å². The summed E-state index contributed by atoms with van der Waals surface area (Å²) >= 11 is 5.74. The quantitative estimate of drug-likeness (QED) is 0.771. The van der Waals surface area contributed by atoms with E-state index < -0.39 is 0 Å². The molecule has 0 aromatic carbocycles. The molecule has 0 fully saturated rings. The Balaban J connectivity index is 2.67. The number of aromatic nitrogens is 2. The molecular formula is C10H15ClN4O2. The third-order valence-electron chi connectivity index (χ3n) is 2.07. The molecule has 1 aromatic heterocycles. The van der Waals surface area contributed by atoms with Gasteiger partial charge in [0.15, 0.2) is 0 Å². The van der Waals surface area contributed by atoms with Gasteiger partial charge in [-0.05, 0) is 12.5 Å². The van der Waals surface area contributed by atoms with E-state index in [9.17, 15) is 4.79 Å². The Hall–Kier alpha value is -1.40. The van der Waals surface area contributed by atoms with Crippen molar-refractivity contribution in [3.8, 4) is 5.88 Å². The number of rotatable bonds is 5. The second-order valence-electron chi connectivity index (χ2n) is 3.65. The van der Waals surface area contributed by atoms with Crippen molar-refractivity contribution in [2.45, 2.75) is 13.3 Å². The van der Waals surface area contributed by atoms with Crippen LogP contribution in [0.4, 0.5) is 5.95 Å². The fourth-order valence-electron chi connectivity index (χ4n) is 1.13. The summed E-state index contributed by atoms with van der Waals surface area (Å²) in [5.41, 5.74) is 5.43. The van der Waals surface area contributed by atoms with Crippen LogP contribution in [0, 0.1) is 5.92 Å². The summed E-state index contributed by atoms with van der Waals surface area (Å²) in [5, 5.41) is 2.75. The SMILES string of the molecule is COc1cc(Cl)nc(NC(=O)CC(C)CN)n1. The third-order valence-corrected chi connectivity index (χ3v) is 2.26. The molecular weight excluding hydrogens is 244 g/mol. The van der Waals surface area contributed by atoms with E-state index in [-0.39, 0.29) is 22.9 Å². The Morgan fingerprint density at radius 2 is 2.35 bits per heavy atom. The molecule has 3 N–H and O–H groups in total. The van der Waals surface area contributed by atoms with Crippen molar-refractivity contribution in [1.29, 1.82) is 0 Å². The average molecular weight is 259 g/mol. The van der Waals surface area contributed by atoms with E-state index in [1.54, 1.807) is 0 Å². The second kappa shape index (κ2) is 6.36. The van der Waals surface area contributed by atoms with E-state index in [1.807, 2.05) is 6.92 Å². The molecule has 1 atom stereocenters. The number of halogens is 1. The van der Waals surface area contributed by atoms with Gasteiger partial charge in [0.05, 0.1) is 7.11 Å². The first-order valence-corrected chi connectivity index (χ1v) is 5.51. The van der Waals surface area contributed by atoms with E-state index in [0.29, 0.717) is 18.8 Å². The zero-order valence-electron chi connectivity index (χ0n) is 9.74. The minimum absolute atomic E-state index is 0.107. The number of anilines is 1. The molecule has 6 nitrogen and oxygen atoms in total. The number of nitrogens with one attached hydrogen (secondary N) is 1. The number of nitrogens with two attached hydrogens (primary N) is 1. The van der Waals surface area contributed by atoms with Crippen LogP contribution in [0.15, 0.2) is 6.07 Å². The standard InChI is InChI=1S/C10H15ClN4O2/c1-6(5-12)3-8(16)14-10-13-7(11)4-9(15-10)17-2/h4,6H,3,5,12H2,1-2H3,(H,13,14,15,16). The van der Waals surface area contributed by atoms with E-state index in [4.69, 9.17) is 22.1 Å². The largest absolute Gasteiger partial charge is 0.481 e. The van der Waals surface area contributed by atoms with Crippen molar-refractivity contribution in [2.75, 3.05) is 19.0 Å². The Kier molecular flexibility index (Phi) is 5.11. The molecule has 7 heteroatoms. The molecule has 0 aliphatic heterocycles. The molecule has 1 aromatic rings. The summed E-state index contributed by atoms with van der Waals surface area (Å²) in [7, 11) is 1.46. The summed E-state index contributed by atoms with van der Waals surface area (Å²) in [6, 6.07) is 1.46. The zero-order chi connectivity index (χ0) is 12.8. The number of nitrogens with zero attached hydrogens (tertiary/aromatic N) is 2. The van der Waals surface area contributed by atoms with Crippen molar-refractivity contribution < 1.29 is 9.53 Å². The van der Waals surface area contributed by atoms with Gasteiger partial charge in [-0.1, -0.05) is 18.5 Å². The van der Waals surface area contributed by atoms with Gasteiger partial charge in [0, 0.05) is 12.5 Å². The fraction of sp³-hybridized carbons (Fsp3) is 0.500. The van der Waals surface area contributed by atoms with Crippen molar-refractivity contribution in [3.05, 3.63) is 11.2 Å². The molecule has 94 valence electrons. The number of carbonyl (C=O) groups excluding carboxylic acids is 1. The lowest BCUT2D eigenvalue weighted by atomic mass is 10.1. The number of carbonyl (C=O) groups is 1. The van der Waals surface area contributed by atoms with Gasteiger partial charge in [-0.15, -0.1) is 0 Å². The maximum Gasteiger partial charge on any atom is 0.234 e. The lowest BCUT2D eigenvalue weighted by Crippen LogP contribution is -2.21. The molecule has 0 spiro atoms. The third kappa shape index (κ3) is 4.54. The second-order valence-corrected chi connectivity index (χ2v) is 4.04. The first-order valence-electron chi connectivity index (χ1n) is 5.13. The Bertz CT molecular complexity index is 400. The topological polar surface area (TPSA) is 90.1 Å². The van der Waals surface area contributed by atoms with Gasteiger partial charge in [0.2, 0.25) is 17.7 Å². The Labute approximate surface area is 105 Å². The lowest BCUT2D eigenvalue weighted by molar-refractivity contribution is -0.116. The molecule has 0 radical (unpaired) electrons. The highest BCUT2D eigenvalue weighted by Gasteiger charge is 2.10. The summed E-state index contributed by atoms with van der Waals surface area (Å²) in [4.78, 5) is 19.4. The Morgan fingerprint density at radius 3 is 2.94 bits per heavy atom. The lowest BCUT2D eigenvalue weighted by Gasteiger charge is -2.08. The van der Waals surface area contributed by atoms with Crippen molar-refractivity contribution in [2.24, 2.45) is 11.7 Å². The highest BCUT2D eigenvalue weighted by Crippen LogP contribution is 2.16. The minimum Gasteiger partial charge on any atom is -0.481 e. The average Bonchev–Trinajstić information content (AvgIpc) is 2.27. The van der Waals surface area contributed by atoms with Crippen LogP contribution in [0.25, 0.3) is 0 Å². The van der Waals surface area contributed by atoms with Gasteiger partial charge in [0.25, 0.3) is 0 Å². The number of ether oxygens (including phenoxy) is 1. The zero-order valence-corrected chi connectivity index (χ0v) is 10.5. The normalized spacial score (nSPS) is 12.0. The van der Waals surface area contributed by atoms with Crippen LogP contribution < -0.4 is 15.8 Å². The molecule has 17 heavy (non-hydrogen) atoms. The van der Waals surface area contributed by atoms with Gasteiger partial charge in [-0.25, -0.2) is 4.98 Å². The van der Waals surface area contributed by atoms with Crippen LogP contribution in [0.5, 0.6) is 5.88 Å². The van der Waals surface area contributed by atoms with Crippen LogP contribution in [0.2, 0.25) is 5.15 Å². The molecule has 1 heterocycles. The molecule has 0 saturated carbocycles. The van der Waals surface area contributed by atoms with Gasteiger partial charge < -0.3 is 10.5 Å². The number of hydrogen-bond donors (Lipinski definition) is 2. The maximum absolute atomic E-state index is 11.6. The van der Waals surface area contributed by atoms with Gasteiger partial charge in [0.1, 0.15) is 5.15 Å².